The topological polar surface area (TPSA) is 95.0 Å². The van der Waals surface area contributed by atoms with Crippen LogP contribution in [0.1, 0.15) is 0 Å². The van der Waals surface area contributed by atoms with E-state index >= 15 is 0 Å². The van der Waals surface area contributed by atoms with Crippen LogP contribution in [-0.2, 0) is 4.79 Å². The number of carbonyl (C=O) groups excluding carboxylic acids is 1. The predicted octanol–water partition coefficient (Wildman–Crippen LogP) is 2.32. The van der Waals surface area contributed by atoms with Crippen molar-refractivity contribution in [2.45, 2.75) is 0 Å². The molecule has 1 aromatic carbocycles. The second kappa shape index (κ2) is 9.63. The molecular weight excluding hydrogens is 372 g/mol. The van der Waals surface area contributed by atoms with Gasteiger partial charge in [-0.25, -0.2) is 9.59 Å². The Morgan fingerprint density at radius 1 is 1.11 bits per heavy atom. The first-order chi connectivity index (χ1) is 12.6. The highest BCUT2D eigenvalue weighted by atomic mass is 35.5. The average Bonchev–Trinajstić information content (AvgIpc) is 2.67. The minimum atomic E-state index is -1.05. The molecule has 0 aliphatic carbocycles. The molecule has 8 nitrogen and oxygen atoms in total. The second-order valence-corrected chi connectivity index (χ2v) is 5.82. The van der Waals surface area contributed by atoms with Gasteiger partial charge in [0.2, 0.25) is 0 Å². The summed E-state index contributed by atoms with van der Waals surface area (Å²) in [5, 5.41) is 11.5. The third-order valence-corrected chi connectivity index (χ3v) is 4.04. The summed E-state index contributed by atoms with van der Waals surface area (Å²) in [5.41, 5.74) is 1.66. The number of halogens is 1. The summed E-state index contributed by atoms with van der Waals surface area (Å²) >= 11 is 0. The van der Waals surface area contributed by atoms with Crippen molar-refractivity contribution in [2.24, 2.45) is 0 Å². The number of urea groups is 1. The molecule has 2 N–H and O–H groups in total. The fourth-order valence-electron chi connectivity index (χ4n) is 2.73. The van der Waals surface area contributed by atoms with Gasteiger partial charge in [-0.15, -0.1) is 12.4 Å². The number of carboxylic acid groups (broad SMARTS) is 1. The maximum Gasteiger partial charge on any atom is 0.341 e. The van der Waals surface area contributed by atoms with E-state index in [0.29, 0.717) is 24.5 Å². The molecule has 2 aromatic rings. The number of pyridine rings is 1. The molecule has 0 bridgehead atoms. The van der Waals surface area contributed by atoms with E-state index in [1.807, 2.05) is 12.1 Å². The van der Waals surface area contributed by atoms with Crippen LogP contribution in [0.15, 0.2) is 48.8 Å². The molecule has 1 fully saturated rings. The number of carboxylic acids is 1. The number of anilines is 2. The molecule has 0 spiro atoms. The fraction of sp³-hybridized carbons (Fsp3) is 0.278. The molecule has 1 aliphatic rings. The van der Waals surface area contributed by atoms with E-state index in [1.54, 1.807) is 41.6 Å². The van der Waals surface area contributed by atoms with E-state index < -0.39 is 12.6 Å². The number of rotatable bonds is 5. The molecule has 144 valence electrons. The van der Waals surface area contributed by atoms with Crippen LogP contribution in [0.3, 0.4) is 0 Å². The number of aromatic nitrogens is 1. The number of hydrogen-bond donors (Lipinski definition) is 2. The Morgan fingerprint density at radius 2 is 1.81 bits per heavy atom. The van der Waals surface area contributed by atoms with Crippen molar-refractivity contribution in [3.63, 3.8) is 0 Å². The van der Waals surface area contributed by atoms with Gasteiger partial charge in [0.25, 0.3) is 0 Å². The number of aliphatic carboxylic acids is 1. The lowest BCUT2D eigenvalue weighted by Gasteiger charge is -2.36. The first kappa shape index (κ1) is 20.3. The van der Waals surface area contributed by atoms with E-state index in [4.69, 9.17) is 9.84 Å². The number of ether oxygens (including phenoxy) is 1. The maximum absolute atomic E-state index is 12.4. The van der Waals surface area contributed by atoms with Gasteiger partial charge in [0, 0.05) is 56.0 Å². The second-order valence-electron chi connectivity index (χ2n) is 5.82. The molecule has 2 amide bonds. The van der Waals surface area contributed by atoms with E-state index in [-0.39, 0.29) is 18.4 Å². The number of nitrogens with one attached hydrogen (secondary N) is 1. The summed E-state index contributed by atoms with van der Waals surface area (Å²) in [7, 11) is 0. The third-order valence-electron chi connectivity index (χ3n) is 4.04. The molecule has 3 rings (SSSR count). The molecule has 0 radical (unpaired) electrons. The molecule has 2 heterocycles. The van der Waals surface area contributed by atoms with Crippen LogP contribution in [0, 0.1) is 0 Å². The number of carbonyl (C=O) groups is 2. The summed E-state index contributed by atoms with van der Waals surface area (Å²) in [5.74, 6) is -0.654. The van der Waals surface area contributed by atoms with Crippen molar-refractivity contribution in [3.05, 3.63) is 48.8 Å². The quantitative estimate of drug-likeness (QED) is 0.810. The van der Waals surface area contributed by atoms with Crippen LogP contribution in [0.5, 0.6) is 5.75 Å². The standard InChI is InChI=1S/C18H20N4O4.ClH/c23-17(24)13-26-16-3-1-2-14(12-16)20-18(25)22-10-8-21(9-11-22)15-4-6-19-7-5-15;/h1-7,12H,8-11,13H2,(H,20,25)(H,23,24);1H. The molecule has 0 unspecified atom stereocenters. The molecule has 9 heteroatoms. The van der Waals surface area contributed by atoms with E-state index in [0.717, 1.165) is 18.8 Å². The Hall–Kier alpha value is -3.00. The SMILES string of the molecule is Cl.O=C(O)COc1cccc(NC(=O)N2CCN(c3ccncc3)CC2)c1. The first-order valence-corrected chi connectivity index (χ1v) is 8.27. The predicted molar refractivity (Wildman–Crippen MR) is 104 cm³/mol. The van der Waals surface area contributed by atoms with Crippen LogP contribution in [0.25, 0.3) is 0 Å². The zero-order chi connectivity index (χ0) is 18.4. The van der Waals surface area contributed by atoms with Crippen molar-refractivity contribution in [3.8, 4) is 5.75 Å². The van der Waals surface area contributed by atoms with Gasteiger partial charge < -0.3 is 25.0 Å². The monoisotopic (exact) mass is 392 g/mol. The van der Waals surface area contributed by atoms with Gasteiger partial charge in [-0.2, -0.15) is 0 Å². The summed E-state index contributed by atoms with van der Waals surface area (Å²) in [4.78, 5) is 31.0. The Balaban J connectivity index is 0.00000261. The van der Waals surface area contributed by atoms with Crippen LogP contribution in [0.4, 0.5) is 16.2 Å². The Bertz CT molecular complexity index is 767. The number of hydrogen-bond acceptors (Lipinski definition) is 5. The average molecular weight is 393 g/mol. The Morgan fingerprint density at radius 3 is 2.48 bits per heavy atom. The molecular formula is C18H21ClN4O4. The van der Waals surface area contributed by atoms with Crippen molar-refractivity contribution < 1.29 is 19.4 Å². The summed E-state index contributed by atoms with van der Waals surface area (Å²) < 4.78 is 5.12. The van der Waals surface area contributed by atoms with Gasteiger partial charge in [-0.3, -0.25) is 4.98 Å². The molecule has 1 saturated heterocycles. The lowest BCUT2D eigenvalue weighted by Crippen LogP contribution is -2.50. The van der Waals surface area contributed by atoms with Crippen molar-refractivity contribution in [1.29, 1.82) is 0 Å². The van der Waals surface area contributed by atoms with Crippen LogP contribution in [-0.4, -0.2) is 59.8 Å². The first-order valence-electron chi connectivity index (χ1n) is 8.27. The highest BCUT2D eigenvalue weighted by molar-refractivity contribution is 5.89. The minimum absolute atomic E-state index is 0. The van der Waals surface area contributed by atoms with E-state index in [9.17, 15) is 9.59 Å². The molecule has 1 aliphatic heterocycles. The van der Waals surface area contributed by atoms with Crippen molar-refractivity contribution in [2.75, 3.05) is 43.0 Å². The minimum Gasteiger partial charge on any atom is -0.482 e. The van der Waals surface area contributed by atoms with Crippen LogP contribution in [0.2, 0.25) is 0 Å². The fourth-order valence-corrected chi connectivity index (χ4v) is 2.73. The van der Waals surface area contributed by atoms with Crippen molar-refractivity contribution in [1.82, 2.24) is 9.88 Å². The number of benzene rings is 1. The highest BCUT2D eigenvalue weighted by Crippen LogP contribution is 2.19. The smallest absolute Gasteiger partial charge is 0.341 e. The molecule has 1 aromatic heterocycles. The normalized spacial score (nSPS) is 13.5. The number of nitrogens with zero attached hydrogens (tertiary/aromatic N) is 3. The largest absolute Gasteiger partial charge is 0.482 e. The maximum atomic E-state index is 12.4. The third kappa shape index (κ3) is 5.75. The highest BCUT2D eigenvalue weighted by Gasteiger charge is 2.21. The lowest BCUT2D eigenvalue weighted by atomic mass is 10.2. The Kier molecular flexibility index (Phi) is 7.25. The summed E-state index contributed by atoms with van der Waals surface area (Å²) in [6.07, 6.45) is 3.52. The van der Waals surface area contributed by atoms with E-state index in [1.165, 1.54) is 0 Å². The Labute approximate surface area is 163 Å². The molecule has 0 saturated carbocycles. The van der Waals surface area contributed by atoms with Gasteiger partial charge in [-0.05, 0) is 24.3 Å². The summed E-state index contributed by atoms with van der Waals surface area (Å²) in [6.45, 7) is 2.31. The van der Waals surface area contributed by atoms with Crippen molar-refractivity contribution >= 4 is 35.8 Å². The number of amides is 2. The molecule has 27 heavy (non-hydrogen) atoms. The zero-order valence-electron chi connectivity index (χ0n) is 14.6. The van der Waals surface area contributed by atoms with Gasteiger partial charge in [0.15, 0.2) is 6.61 Å². The van der Waals surface area contributed by atoms with E-state index in [2.05, 4.69) is 15.2 Å². The lowest BCUT2D eigenvalue weighted by molar-refractivity contribution is -0.139. The van der Waals surface area contributed by atoms with Gasteiger partial charge in [0.1, 0.15) is 5.75 Å². The zero-order valence-corrected chi connectivity index (χ0v) is 15.4. The molecule has 0 atom stereocenters. The summed E-state index contributed by atoms with van der Waals surface area (Å²) in [6, 6.07) is 10.4. The van der Waals surface area contributed by atoms with Gasteiger partial charge >= 0.3 is 12.0 Å². The van der Waals surface area contributed by atoms with Gasteiger partial charge in [-0.1, -0.05) is 6.07 Å². The van der Waals surface area contributed by atoms with Crippen LogP contribution >= 0.6 is 12.4 Å². The van der Waals surface area contributed by atoms with Crippen LogP contribution < -0.4 is 15.0 Å². The number of piperazine rings is 1. The van der Waals surface area contributed by atoms with Gasteiger partial charge in [0.05, 0.1) is 0 Å².